The number of carbonyl (C=O) groups excluding carboxylic acids is 1. The smallest absolute Gasteiger partial charge is 0.323 e. The summed E-state index contributed by atoms with van der Waals surface area (Å²) in [4.78, 5) is 16.1. The average Bonchev–Trinajstić information content (AvgIpc) is 3.12. The average molecular weight is 396 g/mol. The van der Waals surface area contributed by atoms with E-state index in [0.717, 1.165) is 12.8 Å². The molecule has 1 fully saturated rings. The Morgan fingerprint density at radius 1 is 1.12 bits per heavy atom. The molecule has 0 aliphatic heterocycles. The molecule has 138 valence electrons. The van der Waals surface area contributed by atoms with Gasteiger partial charge in [-0.15, -0.1) is 0 Å². The zero-order valence-electron chi connectivity index (χ0n) is 14.2. The Morgan fingerprint density at radius 2 is 1.81 bits per heavy atom. The molecule has 0 bridgehead atoms. The number of hydrogen-bond donors (Lipinski definition) is 2. The lowest BCUT2D eigenvalue weighted by molar-refractivity contribution is 0.201. The second kappa shape index (κ2) is 8.47. The van der Waals surface area contributed by atoms with E-state index in [9.17, 15) is 4.79 Å². The van der Waals surface area contributed by atoms with Crippen LogP contribution < -0.4 is 20.1 Å². The lowest BCUT2D eigenvalue weighted by Crippen LogP contribution is -2.20. The van der Waals surface area contributed by atoms with Crippen LogP contribution in [0.2, 0.25) is 10.0 Å². The van der Waals surface area contributed by atoms with Gasteiger partial charge in [-0.05, 0) is 37.8 Å². The third-order valence-electron chi connectivity index (χ3n) is 4.11. The Balaban J connectivity index is 1.71. The number of amides is 2. The Morgan fingerprint density at radius 3 is 2.46 bits per heavy atom. The van der Waals surface area contributed by atoms with Gasteiger partial charge in [-0.25, -0.2) is 4.79 Å². The molecule has 3 rings (SSSR count). The number of pyridine rings is 1. The standard InChI is InChI=1S/C18H19Cl2N3O3/c1-25-15-7-6-11(8-16(15)26-12-4-2-3-5-12)22-18(24)23-17-13(19)9-21-10-14(17)20/h6-10,12H,2-5H2,1H3,(H2,21,22,23,24). The minimum absolute atomic E-state index is 0.183. The third kappa shape index (κ3) is 4.51. The van der Waals surface area contributed by atoms with E-state index in [2.05, 4.69) is 15.6 Å². The molecular weight excluding hydrogens is 377 g/mol. The summed E-state index contributed by atoms with van der Waals surface area (Å²) in [6.45, 7) is 0. The zero-order chi connectivity index (χ0) is 18.5. The van der Waals surface area contributed by atoms with Gasteiger partial charge >= 0.3 is 6.03 Å². The number of nitrogens with one attached hydrogen (secondary N) is 2. The minimum Gasteiger partial charge on any atom is -0.493 e. The first-order valence-electron chi connectivity index (χ1n) is 8.28. The van der Waals surface area contributed by atoms with Gasteiger partial charge in [0.2, 0.25) is 0 Å². The number of ether oxygens (including phenoxy) is 2. The van der Waals surface area contributed by atoms with E-state index in [1.165, 1.54) is 25.2 Å². The maximum atomic E-state index is 12.3. The van der Waals surface area contributed by atoms with Crippen molar-refractivity contribution in [3.63, 3.8) is 0 Å². The lowest BCUT2D eigenvalue weighted by Gasteiger charge is -2.17. The summed E-state index contributed by atoms with van der Waals surface area (Å²) in [5, 5.41) is 5.87. The van der Waals surface area contributed by atoms with Crippen LogP contribution in [-0.4, -0.2) is 24.2 Å². The number of halogens is 2. The summed E-state index contributed by atoms with van der Waals surface area (Å²) in [6, 6.07) is 4.76. The van der Waals surface area contributed by atoms with E-state index < -0.39 is 6.03 Å². The van der Waals surface area contributed by atoms with Gasteiger partial charge in [0.05, 0.1) is 28.9 Å². The van der Waals surface area contributed by atoms with E-state index in [1.54, 1.807) is 25.3 Å². The highest BCUT2D eigenvalue weighted by molar-refractivity contribution is 6.39. The van der Waals surface area contributed by atoms with Gasteiger partial charge in [0, 0.05) is 24.1 Å². The van der Waals surface area contributed by atoms with Crippen LogP contribution in [0.25, 0.3) is 0 Å². The van der Waals surface area contributed by atoms with Crippen LogP contribution in [0.3, 0.4) is 0 Å². The molecule has 1 saturated carbocycles. The minimum atomic E-state index is -0.475. The number of hydrogen-bond acceptors (Lipinski definition) is 4. The summed E-state index contributed by atoms with van der Waals surface area (Å²) in [6.07, 6.45) is 7.39. The van der Waals surface area contributed by atoms with Crippen LogP contribution in [0.5, 0.6) is 11.5 Å². The van der Waals surface area contributed by atoms with Crippen molar-refractivity contribution in [1.29, 1.82) is 0 Å². The van der Waals surface area contributed by atoms with Gasteiger partial charge in [-0.1, -0.05) is 23.2 Å². The first-order chi connectivity index (χ1) is 12.6. The Kier molecular flexibility index (Phi) is 6.06. The first-order valence-corrected chi connectivity index (χ1v) is 9.04. The second-order valence-corrected chi connectivity index (χ2v) is 6.76. The van der Waals surface area contributed by atoms with E-state index >= 15 is 0 Å². The van der Waals surface area contributed by atoms with Crippen molar-refractivity contribution >= 4 is 40.6 Å². The van der Waals surface area contributed by atoms with Crippen LogP contribution in [-0.2, 0) is 0 Å². The number of nitrogens with zero attached hydrogens (tertiary/aromatic N) is 1. The van der Waals surface area contributed by atoms with Crippen LogP contribution in [0.1, 0.15) is 25.7 Å². The summed E-state index contributed by atoms with van der Waals surface area (Å²) < 4.78 is 11.4. The van der Waals surface area contributed by atoms with Crippen molar-refractivity contribution < 1.29 is 14.3 Å². The molecule has 1 aliphatic rings. The maximum Gasteiger partial charge on any atom is 0.323 e. The van der Waals surface area contributed by atoms with Crippen LogP contribution in [0.4, 0.5) is 16.2 Å². The molecular formula is C18H19Cl2N3O3. The zero-order valence-corrected chi connectivity index (χ0v) is 15.7. The molecule has 0 unspecified atom stereocenters. The molecule has 0 saturated heterocycles. The van der Waals surface area contributed by atoms with Crippen LogP contribution in [0.15, 0.2) is 30.6 Å². The van der Waals surface area contributed by atoms with Crippen molar-refractivity contribution in [2.24, 2.45) is 0 Å². The number of aromatic nitrogens is 1. The monoisotopic (exact) mass is 395 g/mol. The SMILES string of the molecule is COc1ccc(NC(=O)Nc2c(Cl)cncc2Cl)cc1OC1CCCC1. The van der Waals surface area contributed by atoms with Gasteiger partial charge in [0.15, 0.2) is 11.5 Å². The highest BCUT2D eigenvalue weighted by Gasteiger charge is 2.19. The Labute approximate surface area is 161 Å². The van der Waals surface area contributed by atoms with Crippen molar-refractivity contribution in [1.82, 2.24) is 4.98 Å². The van der Waals surface area contributed by atoms with Crippen molar-refractivity contribution in [3.8, 4) is 11.5 Å². The Hall–Kier alpha value is -2.18. The van der Waals surface area contributed by atoms with Gasteiger partial charge < -0.3 is 20.1 Å². The second-order valence-electron chi connectivity index (χ2n) is 5.95. The first kappa shape index (κ1) is 18.6. The number of urea groups is 1. The van der Waals surface area contributed by atoms with E-state index in [4.69, 9.17) is 32.7 Å². The molecule has 2 amide bonds. The lowest BCUT2D eigenvalue weighted by atomic mass is 10.2. The molecule has 0 spiro atoms. The predicted molar refractivity (Wildman–Crippen MR) is 103 cm³/mol. The summed E-state index contributed by atoms with van der Waals surface area (Å²) >= 11 is 12.0. The van der Waals surface area contributed by atoms with Crippen LogP contribution >= 0.6 is 23.2 Å². The van der Waals surface area contributed by atoms with Gasteiger partial charge in [0.1, 0.15) is 0 Å². The molecule has 2 aromatic rings. The van der Waals surface area contributed by atoms with Gasteiger partial charge in [0.25, 0.3) is 0 Å². The van der Waals surface area contributed by atoms with E-state index in [0.29, 0.717) is 22.9 Å². The number of methoxy groups -OCH3 is 1. The molecule has 1 aromatic carbocycles. The molecule has 0 atom stereocenters. The quantitative estimate of drug-likeness (QED) is 0.714. The molecule has 6 nitrogen and oxygen atoms in total. The third-order valence-corrected chi connectivity index (χ3v) is 4.68. The molecule has 2 N–H and O–H groups in total. The fourth-order valence-corrected chi connectivity index (χ4v) is 3.30. The maximum absolute atomic E-state index is 12.3. The van der Waals surface area contributed by atoms with Crippen LogP contribution in [0, 0.1) is 0 Å². The summed E-state index contributed by atoms with van der Waals surface area (Å²) in [5.41, 5.74) is 0.870. The van der Waals surface area contributed by atoms with Gasteiger partial charge in [-0.3, -0.25) is 4.98 Å². The summed E-state index contributed by atoms with van der Waals surface area (Å²) in [7, 11) is 1.59. The topological polar surface area (TPSA) is 72.5 Å². The molecule has 1 aromatic heterocycles. The molecule has 26 heavy (non-hydrogen) atoms. The highest BCUT2D eigenvalue weighted by atomic mass is 35.5. The fraction of sp³-hybridized carbons (Fsp3) is 0.333. The molecule has 0 radical (unpaired) electrons. The number of benzene rings is 1. The van der Waals surface area contributed by atoms with Crippen molar-refractivity contribution in [3.05, 3.63) is 40.6 Å². The number of carbonyl (C=O) groups is 1. The Bertz CT molecular complexity index is 775. The largest absolute Gasteiger partial charge is 0.493 e. The predicted octanol–water partition coefficient (Wildman–Crippen LogP) is 5.36. The summed E-state index contributed by atoms with van der Waals surface area (Å²) in [5.74, 6) is 1.24. The fourth-order valence-electron chi connectivity index (χ4n) is 2.84. The highest BCUT2D eigenvalue weighted by Crippen LogP contribution is 2.34. The molecule has 1 aliphatic carbocycles. The molecule has 8 heteroatoms. The van der Waals surface area contributed by atoms with E-state index in [1.807, 2.05) is 0 Å². The van der Waals surface area contributed by atoms with Gasteiger partial charge in [-0.2, -0.15) is 0 Å². The normalized spacial score (nSPS) is 14.1. The van der Waals surface area contributed by atoms with Crippen molar-refractivity contribution in [2.75, 3.05) is 17.7 Å². The number of anilines is 2. The van der Waals surface area contributed by atoms with Crippen molar-refractivity contribution in [2.45, 2.75) is 31.8 Å². The molecule has 1 heterocycles. The number of rotatable bonds is 5. The van der Waals surface area contributed by atoms with E-state index in [-0.39, 0.29) is 16.1 Å².